The number of carbonyl (C=O) groups is 2. The second-order valence-electron chi connectivity index (χ2n) is 12.0. The Morgan fingerprint density at radius 1 is 0.784 bits per heavy atom. The lowest BCUT2D eigenvalue weighted by atomic mass is 9.63. The van der Waals surface area contributed by atoms with Crippen LogP contribution in [0.5, 0.6) is 17.2 Å². The molecule has 1 aliphatic heterocycles. The van der Waals surface area contributed by atoms with Crippen molar-refractivity contribution in [1.29, 1.82) is 0 Å². The van der Waals surface area contributed by atoms with E-state index in [1.807, 2.05) is 24.3 Å². The molecule has 2 aromatic carbocycles. The number of methoxy groups -OCH3 is 2. The molecule has 5 rings (SSSR count). The molecule has 0 spiro atoms. The maximum absolute atomic E-state index is 13.9. The monoisotopic (exact) mass is 501 g/mol. The van der Waals surface area contributed by atoms with E-state index in [-0.39, 0.29) is 28.1 Å². The summed E-state index contributed by atoms with van der Waals surface area (Å²) in [5.41, 5.74) is 4.52. The molecule has 0 atom stereocenters. The molecular formula is C31H35NO5. The van der Waals surface area contributed by atoms with E-state index in [1.165, 1.54) is 7.11 Å². The summed E-state index contributed by atoms with van der Waals surface area (Å²) >= 11 is 0. The van der Waals surface area contributed by atoms with Crippen molar-refractivity contribution in [2.24, 2.45) is 10.8 Å². The number of Topliss-reactive ketones (excluding diaryl/α,β-unsaturated/α-hetero) is 2. The van der Waals surface area contributed by atoms with Crippen LogP contribution in [0.2, 0.25) is 0 Å². The van der Waals surface area contributed by atoms with Crippen LogP contribution >= 0.6 is 0 Å². The molecule has 2 aliphatic carbocycles. The Bertz CT molecular complexity index is 1290. The number of phenolic OH excluding ortho intramolecular Hbond substituents is 1. The fraction of sp³-hybridized carbons (Fsp3) is 0.419. The largest absolute Gasteiger partial charge is 0.504 e. The Morgan fingerprint density at radius 3 is 1.81 bits per heavy atom. The molecule has 194 valence electrons. The fourth-order valence-electron chi connectivity index (χ4n) is 6.22. The van der Waals surface area contributed by atoms with Gasteiger partial charge in [0.05, 0.1) is 14.2 Å². The highest BCUT2D eigenvalue weighted by Gasteiger charge is 2.49. The van der Waals surface area contributed by atoms with E-state index in [9.17, 15) is 14.7 Å². The van der Waals surface area contributed by atoms with Gasteiger partial charge in [0.1, 0.15) is 5.75 Å². The van der Waals surface area contributed by atoms with E-state index in [4.69, 9.17) is 9.47 Å². The number of ether oxygens (including phenoxy) is 2. The summed E-state index contributed by atoms with van der Waals surface area (Å²) in [5, 5.41) is 10.3. The Hall–Kier alpha value is -3.54. The molecule has 6 nitrogen and oxygen atoms in total. The number of anilines is 1. The summed E-state index contributed by atoms with van der Waals surface area (Å²) in [6, 6.07) is 13.0. The van der Waals surface area contributed by atoms with Crippen molar-refractivity contribution in [2.45, 2.75) is 59.3 Å². The van der Waals surface area contributed by atoms with E-state index in [2.05, 4.69) is 32.6 Å². The lowest BCUT2D eigenvalue weighted by Gasteiger charge is -2.49. The van der Waals surface area contributed by atoms with E-state index in [0.29, 0.717) is 42.6 Å². The molecule has 0 unspecified atom stereocenters. The summed E-state index contributed by atoms with van der Waals surface area (Å²) in [6.07, 6.45) is 2.24. The molecule has 3 aliphatic rings. The van der Waals surface area contributed by atoms with Crippen molar-refractivity contribution in [1.82, 2.24) is 0 Å². The first-order valence-electron chi connectivity index (χ1n) is 12.8. The number of hydrogen-bond donors (Lipinski definition) is 1. The van der Waals surface area contributed by atoms with Crippen molar-refractivity contribution in [3.63, 3.8) is 0 Å². The van der Waals surface area contributed by atoms with Gasteiger partial charge in [-0.05, 0) is 65.6 Å². The van der Waals surface area contributed by atoms with Gasteiger partial charge in [0.2, 0.25) is 0 Å². The topological polar surface area (TPSA) is 76.1 Å². The van der Waals surface area contributed by atoms with Crippen LogP contribution < -0.4 is 14.4 Å². The Kier molecular flexibility index (Phi) is 5.97. The molecule has 0 fully saturated rings. The SMILES string of the molecule is COc1ccc(N2C3=C(C(=O)CC(C)(C)C3)C(c3ccc(O)c(OC)c3)C3=C2CC(C)(C)CC3=O)cc1. The number of phenols is 1. The van der Waals surface area contributed by atoms with Crippen LogP contribution in [-0.2, 0) is 9.59 Å². The van der Waals surface area contributed by atoms with Gasteiger partial charge in [-0.2, -0.15) is 0 Å². The molecule has 0 radical (unpaired) electrons. The maximum Gasteiger partial charge on any atom is 0.162 e. The Labute approximate surface area is 218 Å². The van der Waals surface area contributed by atoms with Gasteiger partial charge in [0.25, 0.3) is 0 Å². The third kappa shape index (κ3) is 4.32. The van der Waals surface area contributed by atoms with Gasteiger partial charge in [0.15, 0.2) is 23.1 Å². The number of aromatic hydroxyl groups is 1. The first-order valence-corrected chi connectivity index (χ1v) is 12.8. The zero-order valence-corrected chi connectivity index (χ0v) is 22.5. The predicted molar refractivity (Wildman–Crippen MR) is 143 cm³/mol. The van der Waals surface area contributed by atoms with Crippen LogP contribution in [0.3, 0.4) is 0 Å². The van der Waals surface area contributed by atoms with Crippen LogP contribution in [0.25, 0.3) is 0 Å². The zero-order valence-electron chi connectivity index (χ0n) is 22.5. The minimum Gasteiger partial charge on any atom is -0.504 e. The second kappa shape index (κ2) is 8.79. The van der Waals surface area contributed by atoms with E-state index in [1.54, 1.807) is 25.3 Å². The number of hydrogen-bond acceptors (Lipinski definition) is 6. The molecule has 0 amide bonds. The molecular weight excluding hydrogens is 466 g/mol. The molecule has 2 aromatic rings. The highest BCUT2D eigenvalue weighted by atomic mass is 16.5. The summed E-state index contributed by atoms with van der Waals surface area (Å²) < 4.78 is 10.8. The number of carbonyl (C=O) groups excluding carboxylic acids is 2. The molecule has 0 saturated carbocycles. The highest BCUT2D eigenvalue weighted by molar-refractivity contribution is 6.08. The maximum atomic E-state index is 13.9. The highest BCUT2D eigenvalue weighted by Crippen LogP contribution is 2.55. The Morgan fingerprint density at radius 2 is 1.32 bits per heavy atom. The molecule has 0 aromatic heterocycles. The minimum atomic E-state index is -0.499. The van der Waals surface area contributed by atoms with Gasteiger partial charge < -0.3 is 19.5 Å². The van der Waals surface area contributed by atoms with Gasteiger partial charge in [0, 0.05) is 47.0 Å². The zero-order chi connectivity index (χ0) is 26.7. The molecule has 37 heavy (non-hydrogen) atoms. The average molecular weight is 502 g/mol. The summed E-state index contributed by atoms with van der Waals surface area (Å²) in [4.78, 5) is 30.0. The molecule has 1 heterocycles. The summed E-state index contributed by atoms with van der Waals surface area (Å²) in [6.45, 7) is 8.50. The van der Waals surface area contributed by atoms with Crippen molar-refractivity contribution in [3.05, 3.63) is 70.6 Å². The number of rotatable bonds is 4. The standard InChI is InChI=1S/C31H35NO5/c1-30(2)14-21-28(24(34)16-30)27(18-7-12-23(33)26(13-18)37-6)29-22(15-31(3,4)17-25(29)35)32(21)19-8-10-20(36-5)11-9-19/h7-13,27,33H,14-17H2,1-6H3. The molecule has 0 bridgehead atoms. The number of benzene rings is 2. The van der Waals surface area contributed by atoms with Crippen LogP contribution in [-0.4, -0.2) is 30.9 Å². The summed E-state index contributed by atoms with van der Waals surface area (Å²) in [7, 11) is 3.14. The summed E-state index contributed by atoms with van der Waals surface area (Å²) in [5.74, 6) is 0.723. The predicted octanol–water partition coefficient (Wildman–Crippen LogP) is 6.30. The smallest absolute Gasteiger partial charge is 0.162 e. The number of ketones is 2. The van der Waals surface area contributed by atoms with E-state index in [0.717, 1.165) is 28.4 Å². The molecule has 6 heteroatoms. The van der Waals surface area contributed by atoms with Crippen molar-refractivity contribution >= 4 is 17.3 Å². The van der Waals surface area contributed by atoms with Crippen molar-refractivity contribution in [3.8, 4) is 17.2 Å². The van der Waals surface area contributed by atoms with Crippen molar-refractivity contribution < 1.29 is 24.2 Å². The van der Waals surface area contributed by atoms with Gasteiger partial charge in [-0.3, -0.25) is 9.59 Å². The van der Waals surface area contributed by atoms with Gasteiger partial charge in [-0.25, -0.2) is 0 Å². The van der Waals surface area contributed by atoms with E-state index < -0.39 is 5.92 Å². The molecule has 0 saturated heterocycles. The van der Waals surface area contributed by atoms with E-state index >= 15 is 0 Å². The van der Waals surface area contributed by atoms with Crippen LogP contribution in [0.1, 0.15) is 64.9 Å². The lowest BCUT2D eigenvalue weighted by Crippen LogP contribution is -2.44. The van der Waals surface area contributed by atoms with Gasteiger partial charge >= 0.3 is 0 Å². The minimum absolute atomic E-state index is 0.0255. The average Bonchev–Trinajstić information content (AvgIpc) is 2.82. The first kappa shape index (κ1) is 25.1. The Balaban J connectivity index is 1.82. The second-order valence-corrected chi connectivity index (χ2v) is 12.0. The van der Waals surface area contributed by atoms with Crippen molar-refractivity contribution in [2.75, 3.05) is 19.1 Å². The van der Waals surface area contributed by atoms with Gasteiger partial charge in [-0.1, -0.05) is 33.8 Å². The lowest BCUT2D eigenvalue weighted by molar-refractivity contribution is -0.119. The third-order valence-corrected chi connectivity index (χ3v) is 7.78. The van der Waals surface area contributed by atoms with Gasteiger partial charge in [-0.15, -0.1) is 0 Å². The number of nitrogens with zero attached hydrogens (tertiary/aromatic N) is 1. The molecule has 1 N–H and O–H groups in total. The quantitative estimate of drug-likeness (QED) is 0.530. The van der Waals surface area contributed by atoms with Crippen LogP contribution in [0.4, 0.5) is 5.69 Å². The number of allylic oxidation sites excluding steroid dienone is 4. The first-order chi connectivity index (χ1) is 17.4. The normalized spacial score (nSPS) is 21.1. The van der Waals surface area contributed by atoms with Crippen LogP contribution in [0.15, 0.2) is 65.0 Å². The third-order valence-electron chi connectivity index (χ3n) is 7.78. The fourth-order valence-corrected chi connectivity index (χ4v) is 6.22. The van der Waals surface area contributed by atoms with Crippen LogP contribution in [0, 0.1) is 10.8 Å².